The van der Waals surface area contributed by atoms with Gasteiger partial charge in [-0.25, -0.2) is 0 Å². The maximum absolute atomic E-state index is 9.78. The minimum absolute atomic E-state index is 0.146. The molecule has 3 heterocycles. The number of rotatable bonds is 11. The summed E-state index contributed by atoms with van der Waals surface area (Å²) in [6.45, 7) is 17.7. The van der Waals surface area contributed by atoms with E-state index in [1.54, 1.807) is 0 Å². The fraction of sp³-hybridized carbons (Fsp3) is 0.182. The van der Waals surface area contributed by atoms with Crippen molar-refractivity contribution in [1.82, 2.24) is 14.1 Å². The number of pyridine rings is 1. The third-order valence-corrected chi connectivity index (χ3v) is 14.7. The van der Waals surface area contributed by atoms with Crippen molar-refractivity contribution < 1.29 is 29.6 Å². The number of fused-ring (bicyclic) bond motifs is 2. The van der Waals surface area contributed by atoms with Crippen LogP contribution >= 0.6 is 0 Å². The van der Waals surface area contributed by atoms with E-state index in [4.69, 9.17) is 11.1 Å². The number of ether oxygens (including phenoxy) is 1. The summed E-state index contributed by atoms with van der Waals surface area (Å²) in [7, 11) is 0. The van der Waals surface area contributed by atoms with Crippen molar-refractivity contribution >= 4 is 46.4 Å². The van der Waals surface area contributed by atoms with Crippen LogP contribution in [0.4, 0.5) is 22.9 Å². The Hall–Kier alpha value is -7.47. The quantitative estimate of drug-likeness (QED) is 0.0956. The van der Waals surface area contributed by atoms with E-state index >= 15 is 0 Å². The fourth-order valence-electron chi connectivity index (χ4n) is 10.1. The molecule has 8 heteroatoms. The Morgan fingerprint density at radius 2 is 1.27 bits per heavy atom. The Kier molecular flexibility index (Phi) is 11.8. The number of para-hydroxylation sites is 4. The molecule has 8 aromatic carbocycles. The van der Waals surface area contributed by atoms with Gasteiger partial charge in [-0.2, -0.15) is 12.1 Å². The molecule has 0 N–H and O–H groups in total. The average Bonchev–Trinajstić information content (AvgIpc) is 4.02. The summed E-state index contributed by atoms with van der Waals surface area (Å²) in [4.78, 5) is 9.69. The van der Waals surface area contributed by atoms with Crippen molar-refractivity contribution in [3.8, 4) is 45.3 Å². The number of hydrogen-bond donors (Lipinski definition) is 0. The van der Waals surface area contributed by atoms with Crippen LogP contribution in [-0.2, 0) is 36.6 Å². The first kappa shape index (κ1) is 44.1. The Balaban J connectivity index is 1.10. The molecule has 1 aliphatic heterocycles. The zero-order valence-corrected chi connectivity index (χ0v) is 45.3. The summed E-state index contributed by atoms with van der Waals surface area (Å²) >= 11 is 2.30. The van der Waals surface area contributed by atoms with Crippen LogP contribution in [-0.4, -0.2) is 21.1 Å². The average molecular weight is 1150 g/mol. The normalized spacial score (nSPS) is 13.5. The van der Waals surface area contributed by atoms with E-state index in [1.807, 2.05) is 88.0 Å². The van der Waals surface area contributed by atoms with Gasteiger partial charge in [-0.1, -0.05) is 48.5 Å². The number of imidazole rings is 1. The van der Waals surface area contributed by atoms with Crippen molar-refractivity contribution in [1.29, 1.82) is 0 Å². The van der Waals surface area contributed by atoms with Crippen LogP contribution in [0.3, 0.4) is 0 Å². The van der Waals surface area contributed by atoms with Gasteiger partial charge in [0.2, 0.25) is 0 Å². The zero-order chi connectivity index (χ0) is 54.8. The first-order valence-corrected chi connectivity index (χ1v) is 26.5. The van der Waals surface area contributed by atoms with E-state index in [0.29, 0.717) is 43.9 Å². The Bertz CT molecular complexity index is 3930. The number of anilines is 4. The maximum atomic E-state index is 9.78. The Morgan fingerprint density at radius 3 is 1.93 bits per heavy atom. The molecular weight excluding hydrogens is 1080 g/mol. The molecule has 0 fully saturated rings. The molecule has 11 rings (SSSR count). The Morgan fingerprint density at radius 1 is 0.649 bits per heavy atom. The molecule has 0 saturated heterocycles. The molecule has 6 nitrogen and oxygen atoms in total. The topological polar surface area (TPSA) is 38.5 Å². The third-order valence-electron chi connectivity index (χ3n) is 13.6. The van der Waals surface area contributed by atoms with E-state index in [2.05, 4.69) is 194 Å². The Labute approximate surface area is 453 Å². The fourth-order valence-corrected chi connectivity index (χ4v) is 11.1. The minimum atomic E-state index is -0.327. The molecule has 0 saturated carbocycles. The summed E-state index contributed by atoms with van der Waals surface area (Å²) in [5, 5.41) is 0. The van der Waals surface area contributed by atoms with Crippen LogP contribution in [0, 0.1) is 21.9 Å². The van der Waals surface area contributed by atoms with Gasteiger partial charge >= 0.3 is 372 Å². The van der Waals surface area contributed by atoms with E-state index in [-0.39, 0.29) is 42.0 Å². The summed E-state index contributed by atoms with van der Waals surface area (Å²) in [6, 6.07) is 66.2. The standard InChI is InChI=1S/C66H60BN5O.Pt/c1-46(2)38-47-39-56(48-24-12-9-13-25-48)64(57(40-47)49-41-50(65(3,4)5)43-51(42-49)66(6,7)8)70-45-69(58-32-18-19-33-59(58)70)54-30-22-31-55(44-54)73-63-37-23-36-62(68-63)72-61-35-21-20-34-60(61)71(53-28-16-11-17-29-53)67(72)52-26-14-10-15-27-52;/h9-34,36-37,39-43,46H,38H2,1-8H3;/q-2;/i18D,19D,32D,33D;. The van der Waals surface area contributed by atoms with Crippen molar-refractivity contribution in [2.45, 2.75) is 72.6 Å². The molecule has 74 heavy (non-hydrogen) atoms. The van der Waals surface area contributed by atoms with Crippen molar-refractivity contribution in [2.24, 2.45) is 5.92 Å². The SMILES string of the molecule is [2H]c1c([2H])c([2H])c2c(c1[2H])n(-c1[c-]c(Oc3cccc(N4B(c5ccccc5)N(c5ccccc5)c5ccc[c-]c54)n3)ccc1)[c](=[Pt])n2-c1c(-c2ccccc2)cc(CC(C)C)cc1-c1cc(C(C)(C)C)cc(C(C)(C)C)c1. The molecule has 0 atom stereocenters. The van der Waals surface area contributed by atoms with Crippen molar-refractivity contribution in [2.75, 3.05) is 9.62 Å². The second-order valence-corrected chi connectivity index (χ2v) is 22.5. The van der Waals surface area contributed by atoms with Crippen LogP contribution in [0.2, 0.25) is 0 Å². The second kappa shape index (κ2) is 19.8. The van der Waals surface area contributed by atoms with E-state index < -0.39 is 0 Å². The van der Waals surface area contributed by atoms with Gasteiger partial charge in [0, 0.05) is 5.69 Å². The molecule has 0 amide bonds. The van der Waals surface area contributed by atoms with Crippen LogP contribution in [0.25, 0.3) is 44.7 Å². The first-order chi connectivity index (χ1) is 37.4. The van der Waals surface area contributed by atoms with Crippen molar-refractivity contribution in [3.05, 3.63) is 233 Å². The molecule has 370 valence electrons. The van der Waals surface area contributed by atoms with Gasteiger partial charge in [-0.3, -0.25) is 0 Å². The molecule has 0 aliphatic carbocycles. The van der Waals surface area contributed by atoms with Gasteiger partial charge in [-0.15, -0.1) is 6.07 Å². The predicted molar refractivity (Wildman–Crippen MR) is 304 cm³/mol. The zero-order valence-electron chi connectivity index (χ0n) is 47.1. The van der Waals surface area contributed by atoms with E-state index in [0.717, 1.165) is 56.9 Å². The van der Waals surface area contributed by atoms with Gasteiger partial charge in [0.15, 0.2) is 0 Å². The summed E-state index contributed by atoms with van der Waals surface area (Å²) < 4.78 is 49.0. The molecular formula is C66H60BN5OPt-2. The van der Waals surface area contributed by atoms with Gasteiger partial charge in [0.05, 0.1) is 0 Å². The third kappa shape index (κ3) is 9.39. The number of nitrogens with zero attached hydrogens (tertiary/aromatic N) is 5. The molecule has 0 spiro atoms. The number of benzene rings is 8. The van der Waals surface area contributed by atoms with E-state index in [9.17, 15) is 4.11 Å². The van der Waals surface area contributed by atoms with Crippen LogP contribution in [0.1, 0.15) is 77.6 Å². The predicted octanol–water partition coefficient (Wildman–Crippen LogP) is 16.1. The van der Waals surface area contributed by atoms with Gasteiger partial charge in [-0.05, 0) is 12.1 Å². The van der Waals surface area contributed by atoms with E-state index in [1.165, 1.54) is 16.7 Å². The molecule has 0 radical (unpaired) electrons. The summed E-state index contributed by atoms with van der Waals surface area (Å²) in [5.74, 6) is 1.75. The summed E-state index contributed by atoms with van der Waals surface area (Å²) in [5.41, 5.74) is 13.2. The second-order valence-electron chi connectivity index (χ2n) is 21.5. The van der Waals surface area contributed by atoms with Crippen molar-refractivity contribution in [3.63, 3.8) is 0 Å². The molecule has 1 aliphatic rings. The van der Waals surface area contributed by atoms with Crippen LogP contribution in [0.5, 0.6) is 11.6 Å². The number of hydrogen-bond acceptors (Lipinski definition) is 4. The molecule has 0 unspecified atom stereocenters. The monoisotopic (exact) mass is 1150 g/mol. The number of aromatic nitrogens is 3. The molecule has 2 aromatic heterocycles. The van der Waals surface area contributed by atoms with Gasteiger partial charge < -0.3 is 0 Å². The van der Waals surface area contributed by atoms with Crippen LogP contribution in [0.15, 0.2) is 200 Å². The molecule has 0 bridgehead atoms. The van der Waals surface area contributed by atoms with Crippen LogP contribution < -0.4 is 19.8 Å². The first-order valence-electron chi connectivity index (χ1n) is 27.3. The summed E-state index contributed by atoms with van der Waals surface area (Å²) in [6.07, 6.45) is 0.838. The van der Waals surface area contributed by atoms with Gasteiger partial charge in [0.1, 0.15) is 0 Å². The molecule has 10 aromatic rings. The van der Waals surface area contributed by atoms with Gasteiger partial charge in [0.25, 0.3) is 0 Å².